The van der Waals surface area contributed by atoms with Crippen LogP contribution in [0.25, 0.3) is 54.2 Å². The predicted octanol–water partition coefficient (Wildman–Crippen LogP) is 8.91. The summed E-state index contributed by atoms with van der Waals surface area (Å²) >= 11 is 0. The Hall–Kier alpha value is -3.64. The van der Waals surface area contributed by atoms with E-state index in [2.05, 4.69) is 112 Å². The van der Waals surface area contributed by atoms with E-state index in [-0.39, 0.29) is 5.41 Å². The smallest absolute Gasteiger partial charge is 0.0165 e. The van der Waals surface area contributed by atoms with Crippen LogP contribution in [0.5, 0.6) is 0 Å². The summed E-state index contributed by atoms with van der Waals surface area (Å²) in [4.78, 5) is 0. The SMILES string of the molecule is Cc1ccc2c(c1)c1ccccc1c1c3c(c4ccccc4c21)-c1ccccc1C3(C)C. The van der Waals surface area contributed by atoms with Crippen LogP contribution in [0, 0.1) is 6.92 Å². The summed E-state index contributed by atoms with van der Waals surface area (Å²) in [6.45, 7) is 7.00. The molecule has 0 radical (unpaired) electrons. The molecule has 0 atom stereocenters. The van der Waals surface area contributed by atoms with Gasteiger partial charge in [-0.3, -0.25) is 0 Å². The average molecular weight is 409 g/mol. The molecule has 0 aromatic heterocycles. The lowest BCUT2D eigenvalue weighted by Gasteiger charge is -2.26. The maximum Gasteiger partial charge on any atom is 0.0165 e. The zero-order chi connectivity index (χ0) is 21.6. The van der Waals surface area contributed by atoms with Gasteiger partial charge in [-0.25, -0.2) is 0 Å². The largest absolute Gasteiger partial charge is 0.0619 e. The van der Waals surface area contributed by atoms with Crippen molar-refractivity contribution >= 4 is 43.1 Å². The van der Waals surface area contributed by atoms with Gasteiger partial charge in [0.25, 0.3) is 0 Å². The lowest BCUT2D eigenvalue weighted by molar-refractivity contribution is 0.667. The first kappa shape index (κ1) is 18.0. The van der Waals surface area contributed by atoms with E-state index in [1.807, 2.05) is 0 Å². The van der Waals surface area contributed by atoms with Crippen molar-refractivity contribution in [1.29, 1.82) is 0 Å². The first-order valence-electron chi connectivity index (χ1n) is 11.5. The van der Waals surface area contributed by atoms with Crippen molar-refractivity contribution < 1.29 is 0 Å². The van der Waals surface area contributed by atoms with E-state index >= 15 is 0 Å². The average Bonchev–Trinajstić information content (AvgIpc) is 3.06. The van der Waals surface area contributed by atoms with Crippen LogP contribution in [0.1, 0.15) is 30.5 Å². The van der Waals surface area contributed by atoms with Gasteiger partial charge in [-0.15, -0.1) is 0 Å². The Morgan fingerprint density at radius 1 is 0.531 bits per heavy atom. The number of hydrogen-bond acceptors (Lipinski definition) is 0. The molecular weight excluding hydrogens is 384 g/mol. The van der Waals surface area contributed by atoms with Crippen LogP contribution in [-0.4, -0.2) is 0 Å². The second kappa shape index (κ2) is 5.99. The maximum absolute atomic E-state index is 2.40. The van der Waals surface area contributed by atoms with E-state index < -0.39 is 0 Å². The van der Waals surface area contributed by atoms with E-state index in [1.54, 1.807) is 0 Å². The third-order valence-corrected chi connectivity index (χ3v) is 7.64. The molecule has 0 saturated carbocycles. The van der Waals surface area contributed by atoms with Crippen LogP contribution in [-0.2, 0) is 5.41 Å². The summed E-state index contributed by atoms with van der Waals surface area (Å²) in [6.07, 6.45) is 0. The van der Waals surface area contributed by atoms with E-state index in [0.717, 1.165) is 0 Å². The minimum atomic E-state index is -0.0602. The quantitative estimate of drug-likeness (QED) is 0.220. The summed E-state index contributed by atoms with van der Waals surface area (Å²) in [7, 11) is 0. The Balaban J connectivity index is 1.90. The minimum absolute atomic E-state index is 0.0602. The first-order chi connectivity index (χ1) is 15.6. The van der Waals surface area contributed by atoms with Gasteiger partial charge in [0, 0.05) is 5.41 Å². The summed E-state index contributed by atoms with van der Waals surface area (Å²) < 4.78 is 0. The minimum Gasteiger partial charge on any atom is -0.0619 e. The number of hydrogen-bond donors (Lipinski definition) is 0. The van der Waals surface area contributed by atoms with E-state index in [9.17, 15) is 0 Å². The lowest BCUT2D eigenvalue weighted by Crippen LogP contribution is -2.15. The Morgan fingerprint density at radius 3 is 1.91 bits per heavy atom. The highest BCUT2D eigenvalue weighted by atomic mass is 14.4. The fourth-order valence-corrected chi connectivity index (χ4v) is 6.31. The molecule has 7 rings (SSSR count). The third-order valence-electron chi connectivity index (χ3n) is 7.64. The molecule has 32 heavy (non-hydrogen) atoms. The molecule has 0 heteroatoms. The molecule has 0 unspecified atom stereocenters. The Bertz CT molecular complexity index is 1750. The lowest BCUT2D eigenvalue weighted by atomic mass is 9.77. The number of fused-ring (bicyclic) bond motifs is 13. The molecule has 6 aromatic carbocycles. The van der Waals surface area contributed by atoms with Gasteiger partial charge in [0.2, 0.25) is 0 Å². The second-order valence-corrected chi connectivity index (χ2v) is 9.81. The topological polar surface area (TPSA) is 0 Å². The standard InChI is InChI=1S/C32H24/c1-19-16-17-24-26(18-19)20-10-4-5-11-21(20)30-28(24)22-12-6-7-13-23(22)29-25-14-8-9-15-27(25)32(2,3)31(29)30/h4-18H,1-3H3. The molecule has 1 aliphatic rings. The first-order valence-corrected chi connectivity index (χ1v) is 11.5. The van der Waals surface area contributed by atoms with Gasteiger partial charge >= 0.3 is 0 Å². The predicted molar refractivity (Wildman–Crippen MR) is 139 cm³/mol. The molecule has 0 N–H and O–H groups in total. The van der Waals surface area contributed by atoms with Crippen molar-refractivity contribution in [2.75, 3.05) is 0 Å². The van der Waals surface area contributed by atoms with Crippen molar-refractivity contribution in [3.63, 3.8) is 0 Å². The van der Waals surface area contributed by atoms with Crippen molar-refractivity contribution in [3.8, 4) is 11.1 Å². The molecule has 0 saturated heterocycles. The van der Waals surface area contributed by atoms with Crippen molar-refractivity contribution in [1.82, 2.24) is 0 Å². The molecule has 0 bridgehead atoms. The Morgan fingerprint density at radius 2 is 1.12 bits per heavy atom. The van der Waals surface area contributed by atoms with Gasteiger partial charge in [-0.1, -0.05) is 110 Å². The van der Waals surface area contributed by atoms with Gasteiger partial charge in [0.1, 0.15) is 0 Å². The van der Waals surface area contributed by atoms with Crippen LogP contribution >= 0.6 is 0 Å². The molecule has 0 heterocycles. The summed E-state index contributed by atoms with van der Waals surface area (Å²) in [5.41, 5.74) is 6.96. The van der Waals surface area contributed by atoms with Gasteiger partial charge in [-0.05, 0) is 72.3 Å². The molecule has 0 nitrogen and oxygen atoms in total. The van der Waals surface area contributed by atoms with Crippen LogP contribution in [0.15, 0.2) is 91.0 Å². The van der Waals surface area contributed by atoms with Gasteiger partial charge in [0.05, 0.1) is 0 Å². The number of rotatable bonds is 0. The maximum atomic E-state index is 2.40. The van der Waals surface area contributed by atoms with Crippen LogP contribution in [0.2, 0.25) is 0 Å². The van der Waals surface area contributed by atoms with Gasteiger partial charge in [-0.2, -0.15) is 0 Å². The molecule has 152 valence electrons. The fourth-order valence-electron chi connectivity index (χ4n) is 6.31. The molecular formula is C32H24. The van der Waals surface area contributed by atoms with Crippen LogP contribution < -0.4 is 0 Å². The summed E-state index contributed by atoms with van der Waals surface area (Å²) in [5.74, 6) is 0. The highest BCUT2D eigenvalue weighted by molar-refractivity contribution is 6.35. The molecule has 6 aromatic rings. The fraction of sp³-hybridized carbons (Fsp3) is 0.125. The Kier molecular flexibility index (Phi) is 3.36. The number of benzene rings is 6. The van der Waals surface area contributed by atoms with Crippen LogP contribution in [0.3, 0.4) is 0 Å². The van der Waals surface area contributed by atoms with Crippen molar-refractivity contribution in [2.45, 2.75) is 26.2 Å². The van der Waals surface area contributed by atoms with E-state index in [0.29, 0.717) is 0 Å². The highest BCUT2D eigenvalue weighted by Gasteiger charge is 2.38. The molecule has 0 amide bonds. The van der Waals surface area contributed by atoms with Gasteiger partial charge < -0.3 is 0 Å². The molecule has 0 spiro atoms. The monoisotopic (exact) mass is 408 g/mol. The highest BCUT2D eigenvalue weighted by Crippen LogP contribution is 2.56. The third kappa shape index (κ3) is 2.08. The zero-order valence-electron chi connectivity index (χ0n) is 18.7. The summed E-state index contributed by atoms with van der Waals surface area (Å²) in [6, 6.07) is 34.0. The van der Waals surface area contributed by atoms with Crippen LogP contribution in [0.4, 0.5) is 0 Å². The zero-order valence-corrected chi connectivity index (χ0v) is 18.7. The summed E-state index contributed by atoms with van der Waals surface area (Å²) in [5, 5.41) is 11.0. The van der Waals surface area contributed by atoms with Crippen molar-refractivity contribution in [2.24, 2.45) is 0 Å². The molecule has 0 fully saturated rings. The number of aryl methyl sites for hydroxylation is 1. The van der Waals surface area contributed by atoms with E-state index in [4.69, 9.17) is 0 Å². The second-order valence-electron chi connectivity index (χ2n) is 9.81. The normalized spacial score (nSPS) is 14.3. The molecule has 1 aliphatic carbocycles. The van der Waals surface area contributed by atoms with E-state index in [1.165, 1.54) is 70.9 Å². The van der Waals surface area contributed by atoms with Gasteiger partial charge in [0.15, 0.2) is 0 Å². The van der Waals surface area contributed by atoms with Crippen molar-refractivity contribution in [3.05, 3.63) is 108 Å². The Labute approximate surface area is 188 Å². The molecule has 0 aliphatic heterocycles.